The second-order valence-electron chi connectivity index (χ2n) is 5.48. The molecular weight excluding hydrogens is 262 g/mol. The van der Waals surface area contributed by atoms with E-state index in [0.717, 1.165) is 48.0 Å². The molecule has 0 bridgehead atoms. The van der Waals surface area contributed by atoms with Gasteiger partial charge in [0.2, 0.25) is 0 Å². The molecular formula is C18H21NO2. The van der Waals surface area contributed by atoms with Crippen molar-refractivity contribution in [2.75, 3.05) is 19.7 Å². The van der Waals surface area contributed by atoms with Crippen LogP contribution in [0.25, 0.3) is 10.8 Å². The van der Waals surface area contributed by atoms with Crippen molar-refractivity contribution in [2.45, 2.75) is 19.8 Å². The van der Waals surface area contributed by atoms with Crippen LogP contribution in [0.5, 0.6) is 5.75 Å². The van der Waals surface area contributed by atoms with Gasteiger partial charge in [-0.05, 0) is 49.7 Å². The number of carbonyl (C=O) groups excluding carboxylic acids is 1. The monoisotopic (exact) mass is 283 g/mol. The van der Waals surface area contributed by atoms with Gasteiger partial charge in [0, 0.05) is 5.92 Å². The third-order valence-electron chi connectivity index (χ3n) is 4.15. The molecule has 1 N–H and O–H groups in total. The fourth-order valence-electron chi connectivity index (χ4n) is 3.07. The molecule has 0 saturated carbocycles. The number of hydrogen-bond donors (Lipinski definition) is 1. The summed E-state index contributed by atoms with van der Waals surface area (Å²) in [6.45, 7) is 4.37. The fourth-order valence-corrected chi connectivity index (χ4v) is 3.07. The first-order valence-electron chi connectivity index (χ1n) is 7.70. The first-order chi connectivity index (χ1) is 10.3. The molecule has 1 saturated heterocycles. The maximum absolute atomic E-state index is 13.0. The quantitative estimate of drug-likeness (QED) is 0.874. The molecule has 1 aliphatic heterocycles. The summed E-state index contributed by atoms with van der Waals surface area (Å²) in [5.74, 6) is 1.06. The van der Waals surface area contributed by atoms with Crippen LogP contribution in [0.15, 0.2) is 36.4 Å². The number of ketones is 1. The standard InChI is InChI=1S/C18H21NO2/c1-2-21-16-8-7-13-5-3-4-6-15(13)17(16)18(20)14-9-11-19-12-10-14/h3-8,14,19H,2,9-12H2,1H3. The van der Waals surface area contributed by atoms with E-state index in [4.69, 9.17) is 4.74 Å². The predicted molar refractivity (Wildman–Crippen MR) is 85.0 cm³/mol. The number of rotatable bonds is 4. The molecule has 0 amide bonds. The van der Waals surface area contributed by atoms with Gasteiger partial charge in [0.15, 0.2) is 5.78 Å². The van der Waals surface area contributed by atoms with Gasteiger partial charge in [-0.1, -0.05) is 30.3 Å². The van der Waals surface area contributed by atoms with Crippen LogP contribution in [0.1, 0.15) is 30.1 Å². The number of benzene rings is 2. The molecule has 1 aliphatic rings. The number of carbonyl (C=O) groups is 1. The maximum Gasteiger partial charge on any atom is 0.170 e. The van der Waals surface area contributed by atoms with E-state index in [9.17, 15) is 4.79 Å². The molecule has 0 radical (unpaired) electrons. The van der Waals surface area contributed by atoms with E-state index in [1.165, 1.54) is 0 Å². The first-order valence-corrected chi connectivity index (χ1v) is 7.70. The third-order valence-corrected chi connectivity index (χ3v) is 4.15. The number of fused-ring (bicyclic) bond motifs is 1. The van der Waals surface area contributed by atoms with Crippen LogP contribution in [0.4, 0.5) is 0 Å². The lowest BCUT2D eigenvalue weighted by molar-refractivity contribution is 0.0893. The molecule has 3 nitrogen and oxygen atoms in total. The number of hydrogen-bond acceptors (Lipinski definition) is 3. The summed E-state index contributed by atoms with van der Waals surface area (Å²) >= 11 is 0. The highest BCUT2D eigenvalue weighted by Crippen LogP contribution is 2.32. The summed E-state index contributed by atoms with van der Waals surface area (Å²) in [7, 11) is 0. The zero-order chi connectivity index (χ0) is 14.7. The van der Waals surface area contributed by atoms with E-state index < -0.39 is 0 Å². The Kier molecular flexibility index (Phi) is 4.20. The van der Waals surface area contributed by atoms with Gasteiger partial charge in [-0.3, -0.25) is 4.79 Å². The average molecular weight is 283 g/mol. The van der Waals surface area contributed by atoms with Gasteiger partial charge in [0.05, 0.1) is 12.2 Å². The minimum absolute atomic E-state index is 0.108. The van der Waals surface area contributed by atoms with Crippen LogP contribution in [0.2, 0.25) is 0 Å². The van der Waals surface area contributed by atoms with Crippen molar-refractivity contribution in [2.24, 2.45) is 5.92 Å². The maximum atomic E-state index is 13.0. The Hall–Kier alpha value is -1.87. The minimum atomic E-state index is 0.108. The topological polar surface area (TPSA) is 38.3 Å². The van der Waals surface area contributed by atoms with Crippen LogP contribution < -0.4 is 10.1 Å². The second-order valence-corrected chi connectivity index (χ2v) is 5.48. The van der Waals surface area contributed by atoms with Gasteiger partial charge in [-0.15, -0.1) is 0 Å². The largest absolute Gasteiger partial charge is 0.493 e. The van der Waals surface area contributed by atoms with Gasteiger partial charge in [-0.25, -0.2) is 0 Å². The highest BCUT2D eigenvalue weighted by atomic mass is 16.5. The summed E-state index contributed by atoms with van der Waals surface area (Å²) in [5, 5.41) is 5.42. The molecule has 0 spiro atoms. The lowest BCUT2D eigenvalue weighted by Gasteiger charge is -2.23. The zero-order valence-electron chi connectivity index (χ0n) is 12.4. The van der Waals surface area contributed by atoms with Gasteiger partial charge in [-0.2, -0.15) is 0 Å². The van der Waals surface area contributed by atoms with Crippen molar-refractivity contribution < 1.29 is 9.53 Å². The lowest BCUT2D eigenvalue weighted by Crippen LogP contribution is -2.32. The first kappa shape index (κ1) is 14.1. The van der Waals surface area contributed by atoms with Crippen LogP contribution in [-0.2, 0) is 0 Å². The molecule has 2 aromatic rings. The Morgan fingerprint density at radius 3 is 2.71 bits per heavy atom. The van der Waals surface area contributed by atoms with Crippen molar-refractivity contribution in [3.8, 4) is 5.75 Å². The van der Waals surface area contributed by atoms with Crippen LogP contribution in [0, 0.1) is 5.92 Å². The van der Waals surface area contributed by atoms with Gasteiger partial charge >= 0.3 is 0 Å². The van der Waals surface area contributed by atoms with Crippen molar-refractivity contribution in [1.29, 1.82) is 0 Å². The number of nitrogens with one attached hydrogen (secondary N) is 1. The molecule has 3 rings (SSSR count). The van der Waals surface area contributed by atoms with Gasteiger partial charge in [0.25, 0.3) is 0 Å². The summed E-state index contributed by atoms with van der Waals surface area (Å²) in [6, 6.07) is 12.0. The molecule has 21 heavy (non-hydrogen) atoms. The molecule has 2 aromatic carbocycles. The van der Waals surface area contributed by atoms with E-state index in [0.29, 0.717) is 6.61 Å². The average Bonchev–Trinajstić information content (AvgIpc) is 2.55. The van der Waals surface area contributed by atoms with E-state index in [1.807, 2.05) is 43.3 Å². The van der Waals surface area contributed by atoms with Crippen molar-refractivity contribution in [3.05, 3.63) is 42.0 Å². The van der Waals surface area contributed by atoms with Crippen LogP contribution in [-0.4, -0.2) is 25.5 Å². The normalized spacial score (nSPS) is 16.0. The SMILES string of the molecule is CCOc1ccc2ccccc2c1C(=O)C1CCNCC1. The van der Waals surface area contributed by atoms with Gasteiger partial charge < -0.3 is 10.1 Å². The van der Waals surface area contributed by atoms with Crippen molar-refractivity contribution >= 4 is 16.6 Å². The van der Waals surface area contributed by atoms with Crippen LogP contribution in [0.3, 0.4) is 0 Å². The molecule has 1 fully saturated rings. The van der Waals surface area contributed by atoms with E-state index in [-0.39, 0.29) is 11.7 Å². The van der Waals surface area contributed by atoms with Crippen molar-refractivity contribution in [1.82, 2.24) is 5.32 Å². The molecule has 0 aliphatic carbocycles. The Bertz CT molecular complexity index is 645. The summed E-state index contributed by atoms with van der Waals surface area (Å²) < 4.78 is 5.72. The highest BCUT2D eigenvalue weighted by Gasteiger charge is 2.26. The second kappa shape index (κ2) is 6.27. The highest BCUT2D eigenvalue weighted by molar-refractivity contribution is 6.11. The van der Waals surface area contributed by atoms with E-state index >= 15 is 0 Å². The number of Topliss-reactive ketones (excluding diaryl/α,β-unsaturated/α-hetero) is 1. The molecule has 0 unspecified atom stereocenters. The Morgan fingerprint density at radius 1 is 1.19 bits per heavy atom. The summed E-state index contributed by atoms with van der Waals surface area (Å²) in [6.07, 6.45) is 1.82. The van der Waals surface area contributed by atoms with Crippen LogP contribution >= 0.6 is 0 Å². The molecule has 0 aromatic heterocycles. The molecule has 1 heterocycles. The molecule has 3 heteroatoms. The van der Waals surface area contributed by atoms with E-state index in [1.54, 1.807) is 0 Å². The Labute approximate surface area is 125 Å². The third kappa shape index (κ3) is 2.79. The summed E-state index contributed by atoms with van der Waals surface area (Å²) in [5.41, 5.74) is 0.766. The van der Waals surface area contributed by atoms with E-state index in [2.05, 4.69) is 5.32 Å². The summed E-state index contributed by atoms with van der Waals surface area (Å²) in [4.78, 5) is 13.0. The predicted octanol–water partition coefficient (Wildman–Crippen LogP) is 3.42. The number of ether oxygens (including phenoxy) is 1. The fraction of sp³-hybridized carbons (Fsp3) is 0.389. The smallest absolute Gasteiger partial charge is 0.170 e. The van der Waals surface area contributed by atoms with Crippen molar-refractivity contribution in [3.63, 3.8) is 0 Å². The lowest BCUT2D eigenvalue weighted by atomic mass is 9.87. The van der Waals surface area contributed by atoms with Gasteiger partial charge in [0.1, 0.15) is 5.75 Å². The number of piperidine rings is 1. The Balaban J connectivity index is 2.08. The zero-order valence-corrected chi connectivity index (χ0v) is 12.4. The molecule has 0 atom stereocenters. The Morgan fingerprint density at radius 2 is 1.95 bits per heavy atom. The minimum Gasteiger partial charge on any atom is -0.493 e. The molecule has 110 valence electrons.